The Hall–Kier alpha value is -4.54. The summed E-state index contributed by atoms with van der Waals surface area (Å²) < 4.78 is 20.8. The maximum absolute atomic E-state index is 13.6. The number of primary amides is 1. The van der Waals surface area contributed by atoms with E-state index < -0.39 is 29.2 Å². The van der Waals surface area contributed by atoms with E-state index in [0.717, 1.165) is 11.1 Å². The lowest BCUT2D eigenvalue weighted by Crippen LogP contribution is -2.37. The lowest BCUT2D eigenvalue weighted by Gasteiger charge is -2.28. The highest BCUT2D eigenvalue weighted by Crippen LogP contribution is 2.34. The molecule has 0 aliphatic carbocycles. The Morgan fingerprint density at radius 2 is 1.74 bits per heavy atom. The minimum atomic E-state index is -0.715. The van der Waals surface area contributed by atoms with Crippen LogP contribution >= 0.6 is 0 Å². The number of aryl methyl sites for hydroxylation is 1. The zero-order chi connectivity index (χ0) is 27.6. The Morgan fingerprint density at radius 1 is 1.05 bits per heavy atom. The predicted octanol–water partition coefficient (Wildman–Crippen LogP) is 3.25. The molecule has 2 aromatic carbocycles. The van der Waals surface area contributed by atoms with E-state index in [1.54, 1.807) is 29.8 Å². The van der Waals surface area contributed by atoms with Gasteiger partial charge < -0.3 is 20.8 Å². The van der Waals surface area contributed by atoms with Gasteiger partial charge in [0.15, 0.2) is 11.4 Å². The molecule has 10 nitrogen and oxygen atoms in total. The zero-order valence-corrected chi connectivity index (χ0v) is 21.5. The highest BCUT2D eigenvalue weighted by molar-refractivity contribution is 6.05. The maximum Gasteiger partial charge on any atom is 0.273 e. The van der Waals surface area contributed by atoms with E-state index in [0.29, 0.717) is 11.9 Å². The number of hydrogen-bond donors (Lipinski definition) is 3. The predicted molar refractivity (Wildman–Crippen MR) is 138 cm³/mol. The normalized spacial score (nSPS) is 12.3. The summed E-state index contributed by atoms with van der Waals surface area (Å²) >= 11 is 0. The molecule has 198 valence electrons. The number of benzene rings is 2. The molecule has 1 unspecified atom stereocenters. The number of carbonyl (C=O) groups is 3. The molecule has 38 heavy (non-hydrogen) atoms. The number of nitrogens with one attached hydrogen (secondary N) is 2. The fourth-order valence-electron chi connectivity index (χ4n) is 4.03. The standard InChI is InChI=1S/C27H29FN6O4/c1-15-21(24(36)30-13-20(29)35)31-26(38-15)23(27(2,3)4)32-25(37)22-18-7-5-6-8-19(18)34(33-22)14-16-9-11-17(28)12-10-16/h5-12,23H,13-14H2,1-4H3,(H2,29,35)(H,30,36)(H,32,37). The molecular formula is C27H29FN6O4. The van der Waals surface area contributed by atoms with Crippen LogP contribution < -0.4 is 16.4 Å². The molecule has 0 aliphatic heterocycles. The Balaban J connectivity index is 1.64. The van der Waals surface area contributed by atoms with Gasteiger partial charge in [-0.3, -0.25) is 19.1 Å². The monoisotopic (exact) mass is 520 g/mol. The molecule has 4 aromatic rings. The molecule has 3 amide bonds. The van der Waals surface area contributed by atoms with Crippen molar-refractivity contribution in [3.63, 3.8) is 0 Å². The van der Waals surface area contributed by atoms with Crippen molar-refractivity contribution in [2.45, 2.75) is 40.3 Å². The van der Waals surface area contributed by atoms with Gasteiger partial charge in [0.1, 0.15) is 17.6 Å². The van der Waals surface area contributed by atoms with Crippen LogP contribution in [-0.2, 0) is 11.3 Å². The number of amides is 3. The van der Waals surface area contributed by atoms with Crippen molar-refractivity contribution in [2.75, 3.05) is 6.54 Å². The molecule has 11 heteroatoms. The quantitative estimate of drug-likeness (QED) is 0.325. The molecule has 0 radical (unpaired) electrons. The third-order valence-electron chi connectivity index (χ3n) is 5.96. The number of carbonyl (C=O) groups excluding carboxylic acids is 3. The van der Waals surface area contributed by atoms with E-state index >= 15 is 0 Å². The molecule has 2 aromatic heterocycles. The summed E-state index contributed by atoms with van der Waals surface area (Å²) in [6.07, 6.45) is 0. The van der Waals surface area contributed by atoms with Crippen LogP contribution in [0.3, 0.4) is 0 Å². The second kappa shape index (κ2) is 10.4. The summed E-state index contributed by atoms with van der Waals surface area (Å²) in [6.45, 7) is 7.27. The average molecular weight is 521 g/mol. The topological polar surface area (TPSA) is 145 Å². The third-order valence-corrected chi connectivity index (χ3v) is 5.96. The summed E-state index contributed by atoms with van der Waals surface area (Å²) in [7, 11) is 0. The Kier molecular flexibility index (Phi) is 7.29. The van der Waals surface area contributed by atoms with Crippen molar-refractivity contribution in [1.82, 2.24) is 25.4 Å². The first-order valence-corrected chi connectivity index (χ1v) is 12.0. The van der Waals surface area contributed by atoms with Crippen molar-refractivity contribution >= 4 is 28.6 Å². The van der Waals surface area contributed by atoms with Gasteiger partial charge in [0.05, 0.1) is 18.6 Å². The second-order valence-electron chi connectivity index (χ2n) is 10.0. The first-order valence-electron chi connectivity index (χ1n) is 12.0. The number of hydrogen-bond acceptors (Lipinski definition) is 6. The lowest BCUT2D eigenvalue weighted by atomic mass is 9.86. The van der Waals surface area contributed by atoms with Gasteiger partial charge in [-0.1, -0.05) is 51.1 Å². The smallest absolute Gasteiger partial charge is 0.273 e. The number of oxazole rings is 1. The van der Waals surface area contributed by atoms with Crippen LogP contribution in [0.1, 0.15) is 65.0 Å². The number of fused-ring (bicyclic) bond motifs is 1. The number of nitrogens with zero attached hydrogens (tertiary/aromatic N) is 3. The highest BCUT2D eigenvalue weighted by atomic mass is 19.1. The van der Waals surface area contributed by atoms with Crippen LogP contribution in [0, 0.1) is 18.2 Å². The van der Waals surface area contributed by atoms with E-state index in [1.165, 1.54) is 12.1 Å². The molecule has 0 fully saturated rings. The fraction of sp³-hybridized carbons (Fsp3) is 0.296. The first kappa shape index (κ1) is 26.5. The molecule has 0 aliphatic rings. The summed E-state index contributed by atoms with van der Waals surface area (Å²) in [5.74, 6) is -1.70. The molecule has 0 saturated heterocycles. The largest absolute Gasteiger partial charge is 0.443 e. The minimum Gasteiger partial charge on any atom is -0.443 e. The van der Waals surface area contributed by atoms with Crippen molar-refractivity contribution in [1.29, 1.82) is 0 Å². The van der Waals surface area contributed by atoms with Gasteiger partial charge in [-0.15, -0.1) is 0 Å². The van der Waals surface area contributed by atoms with E-state index in [2.05, 4.69) is 20.7 Å². The van der Waals surface area contributed by atoms with E-state index in [9.17, 15) is 18.8 Å². The molecule has 0 bridgehead atoms. The number of aromatic nitrogens is 3. The van der Waals surface area contributed by atoms with E-state index in [-0.39, 0.29) is 35.4 Å². The SMILES string of the molecule is Cc1oc(C(NC(=O)c2nn(Cc3ccc(F)cc3)c3ccccc23)C(C)(C)C)nc1C(=O)NCC(N)=O. The Bertz CT molecular complexity index is 1500. The minimum absolute atomic E-state index is 0.00113. The summed E-state index contributed by atoms with van der Waals surface area (Å²) in [5.41, 5.74) is 6.33. The second-order valence-corrected chi connectivity index (χ2v) is 10.0. The molecule has 4 rings (SSSR count). The van der Waals surface area contributed by atoms with Gasteiger partial charge in [0.25, 0.3) is 11.8 Å². The molecule has 0 saturated carbocycles. The van der Waals surface area contributed by atoms with Gasteiger partial charge in [-0.05, 0) is 36.1 Å². The first-order chi connectivity index (χ1) is 17.9. The summed E-state index contributed by atoms with van der Waals surface area (Å²) in [6, 6.07) is 12.7. The summed E-state index contributed by atoms with van der Waals surface area (Å²) in [5, 5.41) is 10.6. The number of rotatable bonds is 8. The maximum atomic E-state index is 13.6. The Morgan fingerprint density at radius 3 is 2.39 bits per heavy atom. The van der Waals surface area contributed by atoms with Gasteiger partial charge in [-0.2, -0.15) is 5.10 Å². The van der Waals surface area contributed by atoms with Crippen LogP contribution in [0.4, 0.5) is 4.39 Å². The molecule has 1 atom stereocenters. The van der Waals surface area contributed by atoms with Crippen LogP contribution in [0.15, 0.2) is 52.9 Å². The van der Waals surface area contributed by atoms with Gasteiger partial charge in [0, 0.05) is 5.39 Å². The average Bonchev–Trinajstić information content (AvgIpc) is 3.42. The number of nitrogens with two attached hydrogens (primary N) is 1. The highest BCUT2D eigenvalue weighted by Gasteiger charge is 2.35. The van der Waals surface area contributed by atoms with Gasteiger partial charge in [-0.25, -0.2) is 9.37 Å². The van der Waals surface area contributed by atoms with Crippen LogP contribution in [-0.4, -0.2) is 39.0 Å². The fourth-order valence-corrected chi connectivity index (χ4v) is 4.03. The molecule has 2 heterocycles. The van der Waals surface area contributed by atoms with Gasteiger partial charge in [0.2, 0.25) is 11.8 Å². The number of para-hydroxylation sites is 1. The molecule has 4 N–H and O–H groups in total. The molecular weight excluding hydrogens is 491 g/mol. The van der Waals surface area contributed by atoms with E-state index in [1.807, 2.05) is 39.0 Å². The Labute approximate surface area is 218 Å². The van der Waals surface area contributed by atoms with Crippen LogP contribution in [0.25, 0.3) is 10.9 Å². The van der Waals surface area contributed by atoms with Crippen LogP contribution in [0.2, 0.25) is 0 Å². The van der Waals surface area contributed by atoms with Crippen molar-refractivity contribution in [3.8, 4) is 0 Å². The van der Waals surface area contributed by atoms with Crippen molar-refractivity contribution < 1.29 is 23.2 Å². The van der Waals surface area contributed by atoms with Gasteiger partial charge >= 0.3 is 0 Å². The van der Waals surface area contributed by atoms with Crippen molar-refractivity contribution in [3.05, 3.63) is 83.0 Å². The zero-order valence-electron chi connectivity index (χ0n) is 21.5. The van der Waals surface area contributed by atoms with Crippen LogP contribution in [0.5, 0.6) is 0 Å². The molecule has 0 spiro atoms. The lowest BCUT2D eigenvalue weighted by molar-refractivity contribution is -0.117. The van der Waals surface area contributed by atoms with Crippen molar-refractivity contribution in [2.24, 2.45) is 11.1 Å². The summed E-state index contributed by atoms with van der Waals surface area (Å²) in [4.78, 5) is 41.4. The number of halogens is 1. The van der Waals surface area contributed by atoms with E-state index in [4.69, 9.17) is 10.2 Å². The third kappa shape index (κ3) is 5.72.